The first-order chi connectivity index (χ1) is 9.06. The predicted molar refractivity (Wildman–Crippen MR) is 79.2 cm³/mol. The average molecular weight is 326 g/mol. The molecule has 2 rings (SSSR count). The second kappa shape index (κ2) is 6.53. The van der Waals surface area contributed by atoms with Gasteiger partial charge in [-0.15, -0.1) is 0 Å². The van der Waals surface area contributed by atoms with E-state index in [0.717, 1.165) is 41.3 Å². The Labute approximate surface area is 122 Å². The van der Waals surface area contributed by atoms with Gasteiger partial charge in [0.1, 0.15) is 0 Å². The number of carbonyl (C=O) groups excluding carboxylic acids is 1. The smallest absolute Gasteiger partial charge is 0.251 e. The summed E-state index contributed by atoms with van der Waals surface area (Å²) in [6.45, 7) is 2.59. The summed E-state index contributed by atoms with van der Waals surface area (Å²) in [5, 5.41) is 12.6. The number of halogens is 1. The fourth-order valence-corrected chi connectivity index (χ4v) is 3.14. The molecule has 19 heavy (non-hydrogen) atoms. The third-order valence-electron chi connectivity index (χ3n) is 3.74. The molecule has 1 fully saturated rings. The van der Waals surface area contributed by atoms with E-state index in [2.05, 4.69) is 21.2 Å². The Kier molecular flexibility index (Phi) is 4.99. The van der Waals surface area contributed by atoms with Gasteiger partial charge in [-0.1, -0.05) is 22.4 Å². The Morgan fingerprint density at radius 1 is 1.47 bits per heavy atom. The zero-order valence-electron chi connectivity index (χ0n) is 11.2. The Morgan fingerprint density at radius 2 is 2.26 bits per heavy atom. The lowest BCUT2D eigenvalue weighted by atomic mass is 9.87. The first kappa shape index (κ1) is 14.5. The molecule has 0 spiro atoms. The van der Waals surface area contributed by atoms with Crippen molar-refractivity contribution in [1.29, 1.82) is 0 Å². The quantitative estimate of drug-likeness (QED) is 0.897. The maximum atomic E-state index is 12.1. The van der Waals surface area contributed by atoms with Gasteiger partial charge in [0, 0.05) is 16.6 Å². The van der Waals surface area contributed by atoms with Crippen LogP contribution in [0.4, 0.5) is 0 Å². The molecule has 0 aromatic heterocycles. The van der Waals surface area contributed by atoms with Crippen LogP contribution in [0.5, 0.6) is 0 Å². The molecule has 2 N–H and O–H groups in total. The summed E-state index contributed by atoms with van der Waals surface area (Å²) in [7, 11) is 0. The third kappa shape index (κ3) is 4.05. The van der Waals surface area contributed by atoms with Gasteiger partial charge in [0.05, 0.1) is 6.10 Å². The van der Waals surface area contributed by atoms with E-state index in [1.54, 1.807) is 0 Å². The number of hydrogen-bond acceptors (Lipinski definition) is 2. The first-order valence-corrected chi connectivity index (χ1v) is 7.58. The maximum Gasteiger partial charge on any atom is 0.251 e. The molecule has 1 amide bonds. The van der Waals surface area contributed by atoms with Crippen LogP contribution in [-0.2, 0) is 0 Å². The Bertz CT molecular complexity index is 461. The second-order valence-corrected chi connectivity index (χ2v) is 6.27. The van der Waals surface area contributed by atoms with Crippen LogP contribution in [0, 0.1) is 12.8 Å². The lowest BCUT2D eigenvalue weighted by Gasteiger charge is -2.26. The number of carbonyl (C=O) groups is 1. The highest BCUT2D eigenvalue weighted by Gasteiger charge is 2.20. The molecule has 1 aromatic carbocycles. The van der Waals surface area contributed by atoms with Crippen LogP contribution >= 0.6 is 15.9 Å². The fraction of sp³-hybridized carbons (Fsp3) is 0.533. The number of hydrogen-bond donors (Lipinski definition) is 2. The van der Waals surface area contributed by atoms with Crippen LogP contribution in [0.2, 0.25) is 0 Å². The zero-order valence-corrected chi connectivity index (χ0v) is 12.7. The van der Waals surface area contributed by atoms with E-state index in [4.69, 9.17) is 0 Å². The molecule has 0 radical (unpaired) electrons. The fourth-order valence-electron chi connectivity index (χ4n) is 2.66. The molecular weight excluding hydrogens is 306 g/mol. The maximum absolute atomic E-state index is 12.1. The lowest BCUT2D eigenvalue weighted by Crippen LogP contribution is -2.33. The van der Waals surface area contributed by atoms with E-state index in [0.29, 0.717) is 12.5 Å². The molecule has 0 saturated heterocycles. The van der Waals surface area contributed by atoms with Crippen molar-refractivity contribution >= 4 is 21.8 Å². The largest absolute Gasteiger partial charge is 0.393 e. The monoisotopic (exact) mass is 325 g/mol. The highest BCUT2D eigenvalue weighted by Crippen LogP contribution is 2.23. The van der Waals surface area contributed by atoms with Crippen molar-refractivity contribution in [3.8, 4) is 0 Å². The van der Waals surface area contributed by atoms with E-state index in [1.165, 1.54) is 0 Å². The highest BCUT2D eigenvalue weighted by molar-refractivity contribution is 9.10. The SMILES string of the molecule is Cc1cc(Br)ccc1C(=O)NCC1CCCC(O)C1. The zero-order chi connectivity index (χ0) is 13.8. The highest BCUT2D eigenvalue weighted by atomic mass is 79.9. The molecular formula is C15H20BrNO2. The molecule has 104 valence electrons. The van der Waals surface area contributed by atoms with E-state index in [-0.39, 0.29) is 12.0 Å². The van der Waals surface area contributed by atoms with Crippen LogP contribution in [0.3, 0.4) is 0 Å². The summed E-state index contributed by atoms with van der Waals surface area (Å²) in [6, 6.07) is 5.66. The number of benzene rings is 1. The number of aryl methyl sites for hydroxylation is 1. The van der Waals surface area contributed by atoms with E-state index >= 15 is 0 Å². The summed E-state index contributed by atoms with van der Waals surface area (Å²) in [6.07, 6.45) is 3.66. The number of amides is 1. The van der Waals surface area contributed by atoms with Crippen molar-refractivity contribution in [2.75, 3.05) is 6.54 Å². The molecule has 4 heteroatoms. The number of rotatable bonds is 3. The van der Waals surface area contributed by atoms with Gasteiger partial charge < -0.3 is 10.4 Å². The molecule has 0 heterocycles. The average Bonchev–Trinajstić information content (AvgIpc) is 2.36. The minimum atomic E-state index is -0.190. The van der Waals surface area contributed by atoms with E-state index in [1.807, 2.05) is 25.1 Å². The molecule has 2 unspecified atom stereocenters. The van der Waals surface area contributed by atoms with Crippen LogP contribution in [-0.4, -0.2) is 23.7 Å². The molecule has 0 aliphatic heterocycles. The molecule has 0 bridgehead atoms. The Hall–Kier alpha value is -0.870. The normalized spacial score (nSPS) is 23.1. The first-order valence-electron chi connectivity index (χ1n) is 6.78. The van der Waals surface area contributed by atoms with E-state index in [9.17, 15) is 9.90 Å². The summed E-state index contributed by atoms with van der Waals surface area (Å²) in [5.74, 6) is 0.383. The van der Waals surface area contributed by atoms with Crippen molar-refractivity contribution in [3.63, 3.8) is 0 Å². The topological polar surface area (TPSA) is 49.3 Å². The summed E-state index contributed by atoms with van der Waals surface area (Å²) in [4.78, 5) is 12.1. The molecule has 1 saturated carbocycles. The number of nitrogens with one attached hydrogen (secondary N) is 1. The van der Waals surface area contributed by atoms with Gasteiger partial charge in [0.25, 0.3) is 5.91 Å². The standard InChI is InChI=1S/C15H20BrNO2/c1-10-7-12(16)5-6-14(10)15(19)17-9-11-3-2-4-13(18)8-11/h5-7,11,13,18H,2-4,8-9H2,1H3,(H,17,19). The van der Waals surface area contributed by atoms with Gasteiger partial charge in [-0.2, -0.15) is 0 Å². The molecule has 1 aliphatic carbocycles. The van der Waals surface area contributed by atoms with E-state index < -0.39 is 0 Å². The lowest BCUT2D eigenvalue weighted by molar-refractivity contribution is 0.0873. The van der Waals surface area contributed by atoms with Gasteiger partial charge >= 0.3 is 0 Å². The molecule has 2 atom stereocenters. The molecule has 1 aliphatic rings. The predicted octanol–water partition coefficient (Wildman–Crippen LogP) is 3.04. The van der Waals surface area contributed by atoms with Crippen molar-refractivity contribution in [3.05, 3.63) is 33.8 Å². The van der Waals surface area contributed by atoms with Gasteiger partial charge in [-0.3, -0.25) is 4.79 Å². The number of aliphatic hydroxyl groups excluding tert-OH is 1. The van der Waals surface area contributed by atoms with Gasteiger partial charge in [0.15, 0.2) is 0 Å². The Balaban J connectivity index is 1.90. The minimum Gasteiger partial charge on any atom is -0.393 e. The number of aliphatic hydroxyl groups is 1. The summed E-state index contributed by atoms with van der Waals surface area (Å²) in [5.41, 5.74) is 1.69. The Morgan fingerprint density at radius 3 is 2.95 bits per heavy atom. The summed E-state index contributed by atoms with van der Waals surface area (Å²) >= 11 is 3.39. The van der Waals surface area contributed by atoms with Gasteiger partial charge in [-0.05, 0) is 55.9 Å². The van der Waals surface area contributed by atoms with Crippen molar-refractivity contribution in [2.24, 2.45) is 5.92 Å². The minimum absolute atomic E-state index is 0.0231. The van der Waals surface area contributed by atoms with Crippen LogP contribution in [0.1, 0.15) is 41.6 Å². The van der Waals surface area contributed by atoms with Gasteiger partial charge in [-0.25, -0.2) is 0 Å². The van der Waals surface area contributed by atoms with Gasteiger partial charge in [0.2, 0.25) is 0 Å². The van der Waals surface area contributed by atoms with Crippen LogP contribution in [0.25, 0.3) is 0 Å². The summed E-state index contributed by atoms with van der Waals surface area (Å²) < 4.78 is 0.983. The molecule has 3 nitrogen and oxygen atoms in total. The van der Waals surface area contributed by atoms with Crippen molar-refractivity contribution in [1.82, 2.24) is 5.32 Å². The second-order valence-electron chi connectivity index (χ2n) is 5.36. The van der Waals surface area contributed by atoms with Crippen molar-refractivity contribution in [2.45, 2.75) is 38.7 Å². The van der Waals surface area contributed by atoms with Crippen LogP contribution in [0.15, 0.2) is 22.7 Å². The molecule has 1 aromatic rings. The van der Waals surface area contributed by atoms with Crippen LogP contribution < -0.4 is 5.32 Å². The third-order valence-corrected chi connectivity index (χ3v) is 4.23. The van der Waals surface area contributed by atoms with Crippen molar-refractivity contribution < 1.29 is 9.90 Å².